The summed E-state index contributed by atoms with van der Waals surface area (Å²) in [6.07, 6.45) is 2.38. The Kier molecular flexibility index (Phi) is 3.69. The van der Waals surface area contributed by atoms with Crippen LogP contribution in [-0.2, 0) is 0 Å². The predicted octanol–water partition coefficient (Wildman–Crippen LogP) is 3.84. The summed E-state index contributed by atoms with van der Waals surface area (Å²) in [5.41, 5.74) is 1.84. The minimum absolute atomic E-state index is 0.220. The molecular weight excluding hydrogens is 271 g/mol. The van der Waals surface area contributed by atoms with E-state index in [-0.39, 0.29) is 5.82 Å². The van der Waals surface area contributed by atoms with Crippen LogP contribution < -0.4 is 10.6 Å². The van der Waals surface area contributed by atoms with E-state index in [0.717, 1.165) is 24.5 Å². The first-order chi connectivity index (χ1) is 7.70. The van der Waals surface area contributed by atoms with Gasteiger partial charge in [-0.15, -0.1) is 0 Å². The molecule has 1 aromatic rings. The van der Waals surface area contributed by atoms with E-state index < -0.39 is 0 Å². The maximum absolute atomic E-state index is 13.4. The SMILES string of the molecule is CCCC1CNc2cc(F)c(Br)cc2NC1. The quantitative estimate of drug-likeness (QED) is 0.863. The Morgan fingerprint density at radius 2 is 1.94 bits per heavy atom. The molecule has 88 valence electrons. The van der Waals surface area contributed by atoms with Crippen LogP contribution >= 0.6 is 15.9 Å². The Labute approximate surface area is 104 Å². The molecule has 0 aromatic heterocycles. The molecule has 2 nitrogen and oxygen atoms in total. The molecule has 1 aliphatic rings. The van der Waals surface area contributed by atoms with Crippen molar-refractivity contribution in [2.75, 3.05) is 23.7 Å². The van der Waals surface area contributed by atoms with Crippen LogP contribution in [0.1, 0.15) is 19.8 Å². The van der Waals surface area contributed by atoms with Crippen LogP contribution in [0, 0.1) is 11.7 Å². The molecule has 2 rings (SSSR count). The Morgan fingerprint density at radius 1 is 1.31 bits per heavy atom. The molecule has 1 unspecified atom stereocenters. The molecule has 1 atom stereocenters. The van der Waals surface area contributed by atoms with Gasteiger partial charge in [0, 0.05) is 19.2 Å². The zero-order chi connectivity index (χ0) is 11.5. The number of nitrogens with one attached hydrogen (secondary N) is 2. The van der Waals surface area contributed by atoms with Gasteiger partial charge in [-0.2, -0.15) is 0 Å². The molecule has 16 heavy (non-hydrogen) atoms. The van der Waals surface area contributed by atoms with Gasteiger partial charge in [0.05, 0.1) is 15.8 Å². The van der Waals surface area contributed by atoms with E-state index >= 15 is 0 Å². The van der Waals surface area contributed by atoms with Crippen LogP contribution in [-0.4, -0.2) is 13.1 Å². The number of rotatable bonds is 2. The molecule has 2 N–H and O–H groups in total. The van der Waals surface area contributed by atoms with E-state index in [9.17, 15) is 4.39 Å². The molecular formula is C12H16BrFN2. The summed E-state index contributed by atoms with van der Waals surface area (Å²) in [4.78, 5) is 0. The highest BCUT2D eigenvalue weighted by molar-refractivity contribution is 9.10. The van der Waals surface area contributed by atoms with Crippen molar-refractivity contribution in [2.24, 2.45) is 5.92 Å². The lowest BCUT2D eigenvalue weighted by atomic mass is 10.0. The van der Waals surface area contributed by atoms with Crippen LogP contribution in [0.5, 0.6) is 0 Å². The fourth-order valence-corrected chi connectivity index (χ4v) is 2.38. The van der Waals surface area contributed by atoms with Crippen molar-refractivity contribution >= 4 is 27.3 Å². The number of anilines is 2. The molecule has 0 fully saturated rings. The largest absolute Gasteiger partial charge is 0.383 e. The van der Waals surface area contributed by atoms with Crippen molar-refractivity contribution in [3.8, 4) is 0 Å². The van der Waals surface area contributed by atoms with Crippen LogP contribution in [0.15, 0.2) is 16.6 Å². The Balaban J connectivity index is 2.17. The summed E-state index contributed by atoms with van der Waals surface area (Å²) >= 11 is 3.20. The second-order valence-corrected chi connectivity index (χ2v) is 5.08. The minimum atomic E-state index is -0.220. The third-order valence-corrected chi connectivity index (χ3v) is 3.53. The lowest BCUT2D eigenvalue weighted by molar-refractivity contribution is 0.531. The number of hydrogen-bond acceptors (Lipinski definition) is 2. The highest BCUT2D eigenvalue weighted by Gasteiger charge is 2.16. The van der Waals surface area contributed by atoms with Crippen LogP contribution in [0.4, 0.5) is 15.8 Å². The molecule has 0 saturated carbocycles. The summed E-state index contributed by atoms with van der Waals surface area (Å²) in [5, 5.41) is 6.67. The molecule has 0 bridgehead atoms. The van der Waals surface area contributed by atoms with E-state index in [1.807, 2.05) is 0 Å². The monoisotopic (exact) mass is 286 g/mol. The number of fused-ring (bicyclic) bond motifs is 1. The predicted molar refractivity (Wildman–Crippen MR) is 69.5 cm³/mol. The van der Waals surface area contributed by atoms with Crippen LogP contribution in [0.25, 0.3) is 0 Å². The Bertz CT molecular complexity index is 349. The Morgan fingerprint density at radius 3 is 2.56 bits per heavy atom. The topological polar surface area (TPSA) is 24.1 Å². The van der Waals surface area contributed by atoms with Crippen molar-refractivity contribution in [3.63, 3.8) is 0 Å². The molecule has 0 radical (unpaired) electrons. The summed E-state index contributed by atoms with van der Waals surface area (Å²) in [6, 6.07) is 3.34. The van der Waals surface area contributed by atoms with Gasteiger partial charge in [0.25, 0.3) is 0 Å². The van der Waals surface area contributed by atoms with Crippen LogP contribution in [0.3, 0.4) is 0 Å². The molecule has 1 heterocycles. The van der Waals surface area contributed by atoms with Crippen molar-refractivity contribution in [2.45, 2.75) is 19.8 Å². The molecule has 0 aliphatic carbocycles. The van der Waals surface area contributed by atoms with Crippen molar-refractivity contribution in [1.29, 1.82) is 0 Å². The fraction of sp³-hybridized carbons (Fsp3) is 0.500. The lowest BCUT2D eigenvalue weighted by Gasteiger charge is -2.12. The molecule has 0 saturated heterocycles. The van der Waals surface area contributed by atoms with Gasteiger partial charge in [-0.3, -0.25) is 0 Å². The zero-order valence-electron chi connectivity index (χ0n) is 9.32. The van der Waals surface area contributed by atoms with Crippen molar-refractivity contribution in [3.05, 3.63) is 22.4 Å². The van der Waals surface area contributed by atoms with Gasteiger partial charge >= 0.3 is 0 Å². The summed E-state index contributed by atoms with van der Waals surface area (Å²) in [7, 11) is 0. The van der Waals surface area contributed by atoms with Gasteiger partial charge in [0.2, 0.25) is 0 Å². The second kappa shape index (κ2) is 5.04. The van der Waals surface area contributed by atoms with E-state index in [2.05, 4.69) is 33.5 Å². The van der Waals surface area contributed by atoms with Gasteiger partial charge in [-0.1, -0.05) is 13.3 Å². The average molecular weight is 287 g/mol. The second-order valence-electron chi connectivity index (χ2n) is 4.23. The van der Waals surface area contributed by atoms with E-state index in [1.165, 1.54) is 12.8 Å². The van der Waals surface area contributed by atoms with Gasteiger partial charge in [0.1, 0.15) is 5.82 Å². The first-order valence-corrected chi connectivity index (χ1v) is 6.46. The van der Waals surface area contributed by atoms with Gasteiger partial charge < -0.3 is 10.6 Å². The molecule has 4 heteroatoms. The van der Waals surface area contributed by atoms with Gasteiger partial charge in [-0.05, 0) is 34.3 Å². The smallest absolute Gasteiger partial charge is 0.139 e. The maximum atomic E-state index is 13.4. The van der Waals surface area contributed by atoms with Gasteiger partial charge in [0.15, 0.2) is 0 Å². The highest BCUT2D eigenvalue weighted by atomic mass is 79.9. The number of benzene rings is 1. The Hall–Kier alpha value is -0.770. The van der Waals surface area contributed by atoms with Gasteiger partial charge in [-0.25, -0.2) is 4.39 Å². The minimum Gasteiger partial charge on any atom is -0.383 e. The van der Waals surface area contributed by atoms with E-state index in [0.29, 0.717) is 10.4 Å². The van der Waals surface area contributed by atoms with E-state index in [1.54, 1.807) is 12.1 Å². The summed E-state index contributed by atoms with van der Waals surface area (Å²) in [6.45, 7) is 4.05. The highest BCUT2D eigenvalue weighted by Crippen LogP contribution is 2.31. The van der Waals surface area contributed by atoms with Crippen molar-refractivity contribution < 1.29 is 4.39 Å². The molecule has 1 aliphatic heterocycles. The maximum Gasteiger partial charge on any atom is 0.139 e. The molecule has 0 spiro atoms. The van der Waals surface area contributed by atoms with E-state index in [4.69, 9.17) is 0 Å². The lowest BCUT2D eigenvalue weighted by Crippen LogP contribution is -2.18. The standard InChI is InChI=1S/C12H16BrFN2/c1-2-3-8-6-15-11-4-9(13)10(14)5-12(11)16-7-8/h4-5,8,15-16H,2-3,6-7H2,1H3. The number of hydrogen-bond donors (Lipinski definition) is 2. The summed E-state index contributed by atoms with van der Waals surface area (Å²) < 4.78 is 13.9. The summed E-state index contributed by atoms with van der Waals surface area (Å²) in [5.74, 6) is 0.390. The third kappa shape index (κ3) is 2.48. The van der Waals surface area contributed by atoms with Crippen molar-refractivity contribution in [1.82, 2.24) is 0 Å². The van der Waals surface area contributed by atoms with Crippen LogP contribution in [0.2, 0.25) is 0 Å². The molecule has 0 amide bonds. The zero-order valence-corrected chi connectivity index (χ0v) is 10.9. The average Bonchev–Trinajstić information content (AvgIpc) is 2.44. The first kappa shape index (κ1) is 11.7. The number of halogens is 2. The first-order valence-electron chi connectivity index (χ1n) is 5.67. The fourth-order valence-electron chi connectivity index (χ4n) is 2.03. The molecule has 1 aromatic carbocycles. The normalized spacial score (nSPS) is 19.3. The third-order valence-electron chi connectivity index (χ3n) is 2.92.